The second kappa shape index (κ2) is 8.84. The number of benzene rings is 1. The van der Waals surface area contributed by atoms with Crippen LogP contribution < -0.4 is 4.90 Å². The molecule has 2 fully saturated rings. The minimum absolute atomic E-state index is 0.727. The maximum atomic E-state index is 5.61. The topological polar surface area (TPSA) is 62.6 Å². The molecule has 0 saturated carbocycles. The van der Waals surface area contributed by atoms with E-state index in [0.29, 0.717) is 0 Å². The van der Waals surface area contributed by atoms with Crippen LogP contribution in [0.2, 0.25) is 0 Å². The second-order valence-electron chi connectivity index (χ2n) is 8.63. The summed E-state index contributed by atoms with van der Waals surface area (Å²) in [6, 6.07) is 8.49. The average Bonchev–Trinajstić information content (AvgIpc) is 3.43. The summed E-state index contributed by atoms with van der Waals surface area (Å²) in [4.78, 5) is 16.4. The summed E-state index contributed by atoms with van der Waals surface area (Å²) in [6.07, 6.45) is 1.91. The minimum atomic E-state index is 0.727. The van der Waals surface area contributed by atoms with Gasteiger partial charge in [0.05, 0.1) is 35.1 Å². The zero-order valence-electron chi connectivity index (χ0n) is 18.6. The van der Waals surface area contributed by atoms with Crippen molar-refractivity contribution < 1.29 is 4.74 Å². The van der Waals surface area contributed by atoms with Crippen LogP contribution in [0.4, 0.5) is 5.82 Å². The third-order valence-corrected chi connectivity index (χ3v) is 7.98. The van der Waals surface area contributed by atoms with Crippen LogP contribution in [0.25, 0.3) is 32.5 Å². The number of aromatic nitrogens is 4. The number of aryl methyl sites for hydroxylation is 1. The van der Waals surface area contributed by atoms with Gasteiger partial charge in [-0.2, -0.15) is 5.10 Å². The van der Waals surface area contributed by atoms with Crippen molar-refractivity contribution in [2.45, 2.75) is 6.54 Å². The van der Waals surface area contributed by atoms with Gasteiger partial charge in [0.25, 0.3) is 0 Å². The molecule has 0 bridgehead atoms. The highest BCUT2D eigenvalue weighted by molar-refractivity contribution is 7.77. The highest BCUT2D eigenvalue weighted by atomic mass is 32.1. The molecule has 1 aromatic carbocycles. The first-order valence-corrected chi connectivity index (χ1v) is 12.6. The predicted molar refractivity (Wildman–Crippen MR) is 136 cm³/mol. The molecule has 5 heterocycles. The molecule has 2 saturated heterocycles. The van der Waals surface area contributed by atoms with Crippen molar-refractivity contribution in [3.8, 4) is 11.4 Å². The monoisotopic (exact) mass is 481 g/mol. The van der Waals surface area contributed by atoms with E-state index < -0.39 is 0 Å². The van der Waals surface area contributed by atoms with E-state index in [1.807, 2.05) is 29.3 Å². The number of piperazine rings is 1. The fraction of sp³-hybridized carbons (Fsp3) is 0.435. The third kappa shape index (κ3) is 4.10. The summed E-state index contributed by atoms with van der Waals surface area (Å²) in [5.41, 5.74) is 3.13. The van der Waals surface area contributed by atoms with E-state index in [9.17, 15) is 0 Å². The van der Waals surface area contributed by atoms with Crippen molar-refractivity contribution in [3.63, 3.8) is 0 Å². The molecule has 4 aromatic rings. The lowest BCUT2D eigenvalue weighted by molar-refractivity contribution is 0.122. The van der Waals surface area contributed by atoms with Gasteiger partial charge in [-0.3, -0.25) is 13.9 Å². The van der Waals surface area contributed by atoms with Crippen molar-refractivity contribution in [3.05, 3.63) is 35.3 Å². The Labute approximate surface area is 202 Å². The Morgan fingerprint density at radius 2 is 1.88 bits per heavy atom. The molecule has 172 valence electrons. The Kier molecular flexibility index (Phi) is 5.71. The van der Waals surface area contributed by atoms with Crippen LogP contribution in [0, 0.1) is 0 Å². The largest absolute Gasteiger partial charge is 0.378 e. The molecule has 8 nitrogen and oxygen atoms in total. The SMILES string of the molecule is Cn1ncc2c(-c3nc(N4CCOCC4)c4sc(CN5CCN(S)CC5)cc4n3)cccc21. The van der Waals surface area contributed by atoms with E-state index in [1.54, 1.807) is 0 Å². The first kappa shape index (κ1) is 21.3. The van der Waals surface area contributed by atoms with Gasteiger partial charge in [-0.1, -0.05) is 24.9 Å². The zero-order valence-corrected chi connectivity index (χ0v) is 20.4. The second-order valence-corrected chi connectivity index (χ2v) is 10.3. The molecule has 10 heteroatoms. The number of morpholine rings is 1. The van der Waals surface area contributed by atoms with Crippen molar-refractivity contribution in [1.29, 1.82) is 0 Å². The molecular weight excluding hydrogens is 454 g/mol. The van der Waals surface area contributed by atoms with Gasteiger partial charge in [0.1, 0.15) is 0 Å². The Morgan fingerprint density at radius 1 is 1.06 bits per heavy atom. The lowest BCUT2D eigenvalue weighted by Crippen LogP contribution is -2.41. The lowest BCUT2D eigenvalue weighted by atomic mass is 10.1. The Balaban J connectivity index is 1.44. The number of rotatable bonds is 4. The van der Waals surface area contributed by atoms with Gasteiger partial charge in [0, 0.05) is 68.7 Å². The third-order valence-electron chi connectivity index (χ3n) is 6.48. The molecule has 0 N–H and O–H groups in total. The number of fused-ring (bicyclic) bond motifs is 2. The van der Waals surface area contributed by atoms with E-state index in [1.165, 1.54) is 9.58 Å². The van der Waals surface area contributed by atoms with Crippen LogP contribution in [-0.2, 0) is 18.3 Å². The molecule has 3 aromatic heterocycles. The molecule has 33 heavy (non-hydrogen) atoms. The highest BCUT2D eigenvalue weighted by Gasteiger charge is 2.22. The summed E-state index contributed by atoms with van der Waals surface area (Å²) in [5, 5.41) is 5.53. The van der Waals surface area contributed by atoms with Crippen LogP contribution in [0.15, 0.2) is 30.5 Å². The average molecular weight is 482 g/mol. The number of thiol groups is 1. The Bertz CT molecular complexity index is 1290. The van der Waals surface area contributed by atoms with Gasteiger partial charge in [-0.05, 0) is 12.1 Å². The van der Waals surface area contributed by atoms with Gasteiger partial charge in [0.2, 0.25) is 0 Å². The minimum Gasteiger partial charge on any atom is -0.378 e. The first-order chi connectivity index (χ1) is 16.2. The number of hydrogen-bond acceptors (Lipinski definition) is 9. The van der Waals surface area contributed by atoms with Crippen LogP contribution in [-0.4, -0.2) is 81.4 Å². The number of thiophene rings is 1. The summed E-state index contributed by atoms with van der Waals surface area (Å²) in [7, 11) is 1.97. The fourth-order valence-electron chi connectivity index (χ4n) is 4.64. The molecule has 0 amide bonds. The van der Waals surface area contributed by atoms with E-state index in [-0.39, 0.29) is 0 Å². The molecular formula is C23H27N7OS2. The van der Waals surface area contributed by atoms with Crippen molar-refractivity contribution in [1.82, 2.24) is 29.0 Å². The maximum Gasteiger partial charge on any atom is 0.162 e. The molecule has 6 rings (SSSR count). The molecule has 0 atom stereocenters. The standard InChI is InChI=1S/C23H27N7OS2/c1-27-20-4-2-3-17(18(20)14-24-27)22-25-19-13-16(15-28-5-7-30(32)8-6-28)33-21(19)23(26-22)29-9-11-31-12-10-29/h2-4,13-14,32H,5-12,15H2,1H3. The highest BCUT2D eigenvalue weighted by Crippen LogP contribution is 2.36. The van der Waals surface area contributed by atoms with Gasteiger partial charge in [-0.15, -0.1) is 11.3 Å². The van der Waals surface area contributed by atoms with Crippen molar-refractivity contribution >= 4 is 51.1 Å². The Morgan fingerprint density at radius 3 is 2.70 bits per heavy atom. The lowest BCUT2D eigenvalue weighted by Gasteiger charge is -2.31. The van der Waals surface area contributed by atoms with Gasteiger partial charge < -0.3 is 9.64 Å². The molecule has 2 aliphatic rings. The summed E-state index contributed by atoms with van der Waals surface area (Å²) in [6.45, 7) is 8.15. The predicted octanol–water partition coefficient (Wildman–Crippen LogP) is 3.04. The smallest absolute Gasteiger partial charge is 0.162 e. The summed E-state index contributed by atoms with van der Waals surface area (Å²) >= 11 is 6.31. The van der Waals surface area contributed by atoms with Crippen LogP contribution >= 0.6 is 24.2 Å². The molecule has 0 unspecified atom stereocenters. The number of hydrogen-bond donors (Lipinski definition) is 1. The summed E-state index contributed by atoms with van der Waals surface area (Å²) in [5.74, 6) is 1.78. The summed E-state index contributed by atoms with van der Waals surface area (Å²) < 4.78 is 10.8. The molecule has 0 radical (unpaired) electrons. The van der Waals surface area contributed by atoms with E-state index in [2.05, 4.69) is 56.3 Å². The van der Waals surface area contributed by atoms with E-state index in [0.717, 1.165) is 92.7 Å². The quantitative estimate of drug-likeness (QED) is 0.450. The van der Waals surface area contributed by atoms with Crippen LogP contribution in [0.1, 0.15) is 4.88 Å². The molecule has 2 aliphatic heterocycles. The number of ether oxygens (including phenoxy) is 1. The van der Waals surface area contributed by atoms with Crippen molar-refractivity contribution in [2.75, 3.05) is 57.4 Å². The molecule has 0 spiro atoms. The van der Waals surface area contributed by atoms with Crippen molar-refractivity contribution in [2.24, 2.45) is 7.05 Å². The number of nitrogens with zero attached hydrogens (tertiary/aromatic N) is 7. The van der Waals surface area contributed by atoms with Gasteiger partial charge in [-0.25, -0.2) is 9.97 Å². The van der Waals surface area contributed by atoms with Crippen LogP contribution in [0.3, 0.4) is 0 Å². The maximum absolute atomic E-state index is 5.61. The van der Waals surface area contributed by atoms with Gasteiger partial charge in [0.15, 0.2) is 11.6 Å². The van der Waals surface area contributed by atoms with E-state index in [4.69, 9.17) is 14.7 Å². The first-order valence-electron chi connectivity index (χ1n) is 11.4. The van der Waals surface area contributed by atoms with Gasteiger partial charge >= 0.3 is 0 Å². The van der Waals surface area contributed by atoms with E-state index >= 15 is 0 Å². The van der Waals surface area contributed by atoms with Crippen LogP contribution in [0.5, 0.6) is 0 Å². The normalized spacial score (nSPS) is 18.5. The zero-order chi connectivity index (χ0) is 22.4. The number of anilines is 1. The Hall–Kier alpha value is -2.24. The fourth-order valence-corrected chi connectivity index (χ4v) is 5.97. The molecule has 0 aliphatic carbocycles.